The molecule has 1 N–H and O–H groups in total. The largest absolute Gasteiger partial charge is 0.312 e. The molecule has 2 rings (SSSR count). The summed E-state index contributed by atoms with van der Waals surface area (Å²) >= 11 is 0. The van der Waals surface area contributed by atoms with Crippen LogP contribution in [0.25, 0.3) is 0 Å². The number of hydrogen-bond acceptors (Lipinski definition) is 2. The van der Waals surface area contributed by atoms with Crippen LogP contribution in [0.3, 0.4) is 0 Å². The first kappa shape index (κ1) is 16.5. The topological polar surface area (TPSA) is 15.3 Å². The van der Waals surface area contributed by atoms with E-state index in [-0.39, 0.29) is 0 Å². The molecule has 0 radical (unpaired) electrons. The summed E-state index contributed by atoms with van der Waals surface area (Å²) in [4.78, 5) is 2.66. The second-order valence-electron chi connectivity index (χ2n) is 6.27. The molecular formula is C19H32N2. The number of hydrogen-bond donors (Lipinski definition) is 1. The zero-order chi connectivity index (χ0) is 15.1. The lowest BCUT2D eigenvalue weighted by Gasteiger charge is -2.43. The van der Waals surface area contributed by atoms with E-state index in [0.717, 1.165) is 25.6 Å². The number of benzene rings is 1. The quantitative estimate of drug-likeness (QED) is 0.815. The van der Waals surface area contributed by atoms with Crippen LogP contribution in [-0.4, -0.2) is 36.6 Å². The first-order chi connectivity index (χ1) is 10.3. The fraction of sp³-hybridized carbons (Fsp3) is 0.684. The maximum atomic E-state index is 3.80. The first-order valence-corrected chi connectivity index (χ1v) is 8.82. The Hall–Kier alpha value is -0.860. The lowest BCUT2D eigenvalue weighted by atomic mass is 9.78. The first-order valence-electron chi connectivity index (χ1n) is 8.82. The van der Waals surface area contributed by atoms with Gasteiger partial charge in [0, 0.05) is 12.1 Å². The molecule has 2 heteroatoms. The summed E-state index contributed by atoms with van der Waals surface area (Å²) in [6.07, 6.45) is 5.15. The average Bonchev–Trinajstić information content (AvgIpc) is 2.55. The summed E-state index contributed by atoms with van der Waals surface area (Å²) in [7, 11) is 0. The van der Waals surface area contributed by atoms with E-state index in [2.05, 4.69) is 61.3 Å². The van der Waals surface area contributed by atoms with E-state index in [4.69, 9.17) is 0 Å². The minimum absolute atomic E-state index is 0.671. The third-order valence-electron chi connectivity index (χ3n) is 5.03. The van der Waals surface area contributed by atoms with Gasteiger partial charge in [0.1, 0.15) is 0 Å². The zero-order valence-corrected chi connectivity index (χ0v) is 14.0. The molecular weight excluding hydrogens is 256 g/mol. The van der Waals surface area contributed by atoms with Crippen molar-refractivity contribution >= 4 is 0 Å². The van der Waals surface area contributed by atoms with Crippen LogP contribution in [0.2, 0.25) is 0 Å². The molecule has 1 aromatic rings. The molecule has 0 amide bonds. The molecule has 1 saturated carbocycles. The van der Waals surface area contributed by atoms with Crippen LogP contribution in [0.4, 0.5) is 0 Å². The highest BCUT2D eigenvalue weighted by atomic mass is 15.2. The lowest BCUT2D eigenvalue weighted by Crippen LogP contribution is -2.53. The Morgan fingerprint density at radius 1 is 1.05 bits per heavy atom. The van der Waals surface area contributed by atoms with Crippen LogP contribution in [0.5, 0.6) is 0 Å². The molecule has 1 aromatic carbocycles. The third-order valence-corrected chi connectivity index (χ3v) is 5.03. The highest BCUT2D eigenvalue weighted by molar-refractivity contribution is 5.21. The fourth-order valence-electron chi connectivity index (χ4n) is 3.84. The molecule has 0 aliphatic heterocycles. The molecule has 3 unspecified atom stereocenters. The van der Waals surface area contributed by atoms with Gasteiger partial charge in [-0.15, -0.1) is 0 Å². The van der Waals surface area contributed by atoms with Crippen molar-refractivity contribution in [3.05, 3.63) is 35.9 Å². The van der Waals surface area contributed by atoms with Crippen molar-refractivity contribution in [1.82, 2.24) is 10.2 Å². The van der Waals surface area contributed by atoms with E-state index < -0.39 is 0 Å². The zero-order valence-electron chi connectivity index (χ0n) is 14.0. The summed E-state index contributed by atoms with van der Waals surface area (Å²) in [5, 5.41) is 3.80. The Bertz CT molecular complexity index is 386. The molecule has 0 aromatic heterocycles. The van der Waals surface area contributed by atoms with Crippen molar-refractivity contribution < 1.29 is 0 Å². The summed E-state index contributed by atoms with van der Waals surface area (Å²) in [6, 6.07) is 12.5. The van der Waals surface area contributed by atoms with Gasteiger partial charge in [0.2, 0.25) is 0 Å². The van der Waals surface area contributed by atoms with Crippen LogP contribution < -0.4 is 5.32 Å². The maximum Gasteiger partial charge on any atom is 0.0254 e. The Balaban J connectivity index is 2.08. The van der Waals surface area contributed by atoms with Gasteiger partial charge in [-0.2, -0.15) is 0 Å². The molecule has 3 atom stereocenters. The Morgan fingerprint density at radius 2 is 1.76 bits per heavy atom. The van der Waals surface area contributed by atoms with Gasteiger partial charge < -0.3 is 5.32 Å². The smallest absolute Gasteiger partial charge is 0.0254 e. The van der Waals surface area contributed by atoms with Gasteiger partial charge in [0.25, 0.3) is 0 Å². The maximum absolute atomic E-state index is 3.80. The second-order valence-corrected chi connectivity index (χ2v) is 6.27. The third kappa shape index (κ3) is 4.31. The van der Waals surface area contributed by atoms with Crippen LogP contribution >= 0.6 is 0 Å². The number of nitrogens with zero attached hydrogens (tertiary/aromatic N) is 1. The predicted octanol–water partition coefficient (Wildman–Crippen LogP) is 4.03. The average molecular weight is 288 g/mol. The molecule has 1 aliphatic rings. The number of nitrogens with one attached hydrogen (secondary N) is 1. The standard InChI is InChI=1S/C19H32N2/c1-4-14-20-18-13-12-17(16-10-8-7-9-11-16)15-19(18)21(5-2)6-3/h7-11,17-20H,4-6,12-15H2,1-3H3. The predicted molar refractivity (Wildman–Crippen MR) is 91.8 cm³/mol. The van der Waals surface area contributed by atoms with Gasteiger partial charge in [-0.1, -0.05) is 51.1 Å². The van der Waals surface area contributed by atoms with Crippen LogP contribution in [0.15, 0.2) is 30.3 Å². The SMILES string of the molecule is CCCNC1CCC(c2ccccc2)CC1N(CC)CC. The lowest BCUT2D eigenvalue weighted by molar-refractivity contribution is 0.123. The van der Waals surface area contributed by atoms with E-state index in [1.165, 1.54) is 31.2 Å². The Labute approximate surface area is 130 Å². The fourth-order valence-corrected chi connectivity index (χ4v) is 3.84. The minimum Gasteiger partial charge on any atom is -0.312 e. The van der Waals surface area contributed by atoms with Crippen molar-refractivity contribution in [2.75, 3.05) is 19.6 Å². The van der Waals surface area contributed by atoms with Gasteiger partial charge in [0.05, 0.1) is 0 Å². The minimum atomic E-state index is 0.671. The molecule has 0 spiro atoms. The molecule has 1 aliphatic carbocycles. The summed E-state index contributed by atoms with van der Waals surface area (Å²) < 4.78 is 0. The van der Waals surface area contributed by atoms with E-state index >= 15 is 0 Å². The molecule has 0 bridgehead atoms. The van der Waals surface area contributed by atoms with Gasteiger partial charge in [-0.05, 0) is 56.8 Å². The van der Waals surface area contributed by atoms with Gasteiger partial charge in [0.15, 0.2) is 0 Å². The second kappa shape index (κ2) is 8.55. The Morgan fingerprint density at radius 3 is 2.38 bits per heavy atom. The summed E-state index contributed by atoms with van der Waals surface area (Å²) in [6.45, 7) is 10.3. The van der Waals surface area contributed by atoms with Crippen LogP contribution in [-0.2, 0) is 0 Å². The van der Waals surface area contributed by atoms with Crippen molar-refractivity contribution in [3.8, 4) is 0 Å². The van der Waals surface area contributed by atoms with Crippen LogP contribution in [0, 0.1) is 0 Å². The van der Waals surface area contributed by atoms with Gasteiger partial charge in [-0.25, -0.2) is 0 Å². The van der Waals surface area contributed by atoms with Gasteiger partial charge >= 0.3 is 0 Å². The molecule has 0 saturated heterocycles. The summed E-state index contributed by atoms with van der Waals surface area (Å²) in [5.74, 6) is 0.733. The Kier molecular flexibility index (Phi) is 6.72. The van der Waals surface area contributed by atoms with E-state index in [1.54, 1.807) is 0 Å². The normalized spacial score (nSPS) is 26.2. The van der Waals surface area contributed by atoms with E-state index in [1.807, 2.05) is 0 Å². The van der Waals surface area contributed by atoms with E-state index in [9.17, 15) is 0 Å². The molecule has 118 valence electrons. The van der Waals surface area contributed by atoms with E-state index in [0.29, 0.717) is 12.1 Å². The van der Waals surface area contributed by atoms with Crippen molar-refractivity contribution in [2.45, 2.75) is 64.5 Å². The van der Waals surface area contributed by atoms with Crippen molar-refractivity contribution in [3.63, 3.8) is 0 Å². The monoisotopic (exact) mass is 288 g/mol. The van der Waals surface area contributed by atoms with Crippen molar-refractivity contribution in [1.29, 1.82) is 0 Å². The molecule has 21 heavy (non-hydrogen) atoms. The molecule has 0 heterocycles. The molecule has 1 fully saturated rings. The van der Waals surface area contributed by atoms with Gasteiger partial charge in [-0.3, -0.25) is 4.90 Å². The highest BCUT2D eigenvalue weighted by Crippen LogP contribution is 2.35. The van der Waals surface area contributed by atoms with Crippen LogP contribution in [0.1, 0.15) is 57.9 Å². The highest BCUT2D eigenvalue weighted by Gasteiger charge is 2.33. The number of rotatable bonds is 7. The summed E-state index contributed by atoms with van der Waals surface area (Å²) in [5.41, 5.74) is 1.53. The molecule has 2 nitrogen and oxygen atoms in total. The van der Waals surface area contributed by atoms with Crippen molar-refractivity contribution in [2.24, 2.45) is 0 Å². The number of likely N-dealkylation sites (N-methyl/N-ethyl adjacent to an activating group) is 1.